The van der Waals surface area contributed by atoms with Crippen LogP contribution in [0.15, 0.2) is 16.6 Å². The average molecular weight is 326 g/mol. The maximum atomic E-state index is 6.23. The lowest BCUT2D eigenvalue weighted by atomic mass is 9.81. The summed E-state index contributed by atoms with van der Waals surface area (Å²) >= 11 is 3.65. The maximum absolute atomic E-state index is 6.23. The molecule has 0 radical (unpaired) electrons. The zero-order chi connectivity index (χ0) is 14.4. The number of benzene rings is 1. The van der Waals surface area contributed by atoms with E-state index < -0.39 is 0 Å². The van der Waals surface area contributed by atoms with Crippen molar-refractivity contribution in [1.82, 2.24) is 0 Å². The van der Waals surface area contributed by atoms with E-state index >= 15 is 0 Å². The van der Waals surface area contributed by atoms with Crippen LogP contribution in [0.5, 0.6) is 5.75 Å². The Labute approximate surface area is 124 Å². The van der Waals surface area contributed by atoms with E-state index in [1.54, 1.807) is 7.11 Å². The van der Waals surface area contributed by atoms with Crippen molar-refractivity contribution >= 4 is 15.9 Å². The lowest BCUT2D eigenvalue weighted by Crippen LogP contribution is -2.32. The van der Waals surface area contributed by atoms with Gasteiger partial charge in [0.05, 0.1) is 11.6 Å². The molecule has 19 heavy (non-hydrogen) atoms. The molecule has 1 atom stereocenters. The maximum Gasteiger partial charge on any atom is 0.136 e. The highest BCUT2D eigenvalue weighted by molar-refractivity contribution is 9.10. The third-order valence-corrected chi connectivity index (χ3v) is 4.90. The van der Waals surface area contributed by atoms with E-state index in [4.69, 9.17) is 10.5 Å². The van der Waals surface area contributed by atoms with E-state index in [0.717, 1.165) is 23.1 Å². The Morgan fingerprint density at radius 3 is 2.26 bits per heavy atom. The Balaban J connectivity index is 2.61. The van der Waals surface area contributed by atoms with E-state index in [0.29, 0.717) is 0 Å². The lowest BCUT2D eigenvalue weighted by molar-refractivity contribution is 0.395. The molecule has 0 aliphatic heterocycles. The minimum atomic E-state index is 0.106. The fraction of sp³-hybridized carbons (Fsp3) is 0.625. The summed E-state index contributed by atoms with van der Waals surface area (Å²) in [5, 5.41) is 0. The van der Waals surface area contributed by atoms with Crippen LogP contribution in [0.1, 0.15) is 51.7 Å². The highest BCUT2D eigenvalue weighted by atomic mass is 79.9. The normalized spacial score (nSPS) is 19.1. The molecule has 3 heteroatoms. The quantitative estimate of drug-likeness (QED) is 0.906. The van der Waals surface area contributed by atoms with Gasteiger partial charge in [-0.05, 0) is 52.7 Å². The fourth-order valence-electron chi connectivity index (χ4n) is 2.71. The van der Waals surface area contributed by atoms with Crippen molar-refractivity contribution in [2.45, 2.75) is 57.4 Å². The molecule has 1 unspecified atom stereocenters. The first-order chi connectivity index (χ1) is 8.72. The third-order valence-electron chi connectivity index (χ3n) is 4.31. The highest BCUT2D eigenvalue weighted by Gasteiger charge is 2.49. The zero-order valence-corrected chi connectivity index (χ0v) is 14.1. The minimum Gasteiger partial charge on any atom is -0.495 e. The Kier molecular flexibility index (Phi) is 3.74. The molecule has 1 fully saturated rings. The summed E-state index contributed by atoms with van der Waals surface area (Å²) in [6, 6.07) is 4.61. The molecule has 0 spiro atoms. The molecule has 2 N–H and O–H groups in total. The molecule has 106 valence electrons. The predicted molar refractivity (Wildman–Crippen MR) is 84.0 cm³/mol. The van der Waals surface area contributed by atoms with Crippen LogP contribution in [0.3, 0.4) is 0 Å². The molecule has 0 aromatic heterocycles. The first-order valence-corrected chi connectivity index (χ1v) is 7.66. The number of hydrogen-bond donors (Lipinski definition) is 1. The third kappa shape index (κ3) is 2.55. The number of nitrogens with two attached hydrogens (primary N) is 1. The molecule has 0 bridgehead atoms. The van der Waals surface area contributed by atoms with Gasteiger partial charge >= 0.3 is 0 Å². The van der Waals surface area contributed by atoms with Crippen molar-refractivity contribution in [1.29, 1.82) is 0 Å². The van der Waals surface area contributed by atoms with Crippen LogP contribution >= 0.6 is 15.9 Å². The number of rotatable bonds is 3. The summed E-state index contributed by atoms with van der Waals surface area (Å²) in [4.78, 5) is 0. The first kappa shape index (κ1) is 14.9. The van der Waals surface area contributed by atoms with Gasteiger partial charge in [-0.1, -0.05) is 26.8 Å². The minimum absolute atomic E-state index is 0.106. The second-order valence-corrected chi connectivity index (χ2v) is 7.59. The van der Waals surface area contributed by atoms with Gasteiger partial charge in [-0.15, -0.1) is 0 Å². The van der Waals surface area contributed by atoms with Crippen LogP contribution < -0.4 is 10.5 Å². The van der Waals surface area contributed by atoms with E-state index in [2.05, 4.69) is 55.8 Å². The Bertz CT molecular complexity index is 484. The van der Waals surface area contributed by atoms with Crippen molar-refractivity contribution in [3.8, 4) is 5.75 Å². The Morgan fingerprint density at radius 1 is 1.32 bits per heavy atom. The van der Waals surface area contributed by atoms with E-state index in [9.17, 15) is 0 Å². The van der Waals surface area contributed by atoms with Crippen molar-refractivity contribution in [3.05, 3.63) is 27.7 Å². The predicted octanol–water partition coefficient (Wildman–Crippen LogP) is 4.13. The van der Waals surface area contributed by atoms with Crippen LogP contribution in [-0.4, -0.2) is 13.2 Å². The summed E-state index contributed by atoms with van der Waals surface area (Å²) < 4.78 is 6.65. The van der Waals surface area contributed by atoms with Crippen molar-refractivity contribution in [3.63, 3.8) is 0 Å². The summed E-state index contributed by atoms with van der Waals surface area (Å²) in [6.07, 6.45) is 2.31. The van der Waals surface area contributed by atoms with Crippen LogP contribution in [0.4, 0.5) is 0 Å². The number of hydrogen-bond acceptors (Lipinski definition) is 2. The smallest absolute Gasteiger partial charge is 0.136 e. The van der Waals surface area contributed by atoms with Crippen molar-refractivity contribution in [2.75, 3.05) is 7.11 Å². The van der Waals surface area contributed by atoms with Gasteiger partial charge in [-0.25, -0.2) is 0 Å². The molecule has 2 rings (SSSR count). The summed E-state index contributed by atoms with van der Waals surface area (Å²) in [6.45, 7) is 8.80. The lowest BCUT2D eigenvalue weighted by Gasteiger charge is -2.27. The first-order valence-electron chi connectivity index (χ1n) is 6.86. The molecule has 2 nitrogen and oxygen atoms in total. The molecule has 1 aromatic carbocycles. The fourth-order valence-corrected chi connectivity index (χ4v) is 3.33. The highest BCUT2D eigenvalue weighted by Crippen LogP contribution is 2.55. The van der Waals surface area contributed by atoms with Gasteiger partial charge in [0.2, 0.25) is 0 Å². The van der Waals surface area contributed by atoms with Gasteiger partial charge in [0.1, 0.15) is 5.75 Å². The second-order valence-electron chi connectivity index (χ2n) is 6.73. The van der Waals surface area contributed by atoms with Crippen molar-refractivity contribution in [2.24, 2.45) is 5.73 Å². The second kappa shape index (κ2) is 4.78. The van der Waals surface area contributed by atoms with Crippen LogP contribution in [0, 0.1) is 0 Å². The standard InChI is InChI=1S/C16H24BrNO/c1-10(18)16(6-7-16)12-8-11(15(2,3)4)9-13(17)14(12)19-5/h8-10H,6-7,18H2,1-5H3. The Hall–Kier alpha value is -0.540. The molecule has 0 saturated heterocycles. The van der Waals surface area contributed by atoms with E-state index in [-0.39, 0.29) is 16.9 Å². The molecule has 0 amide bonds. The van der Waals surface area contributed by atoms with Gasteiger partial charge in [0.25, 0.3) is 0 Å². The molecule has 1 aliphatic rings. The van der Waals surface area contributed by atoms with E-state index in [1.807, 2.05) is 0 Å². The number of methoxy groups -OCH3 is 1. The van der Waals surface area contributed by atoms with Gasteiger partial charge in [0, 0.05) is 17.0 Å². The number of ether oxygens (including phenoxy) is 1. The van der Waals surface area contributed by atoms with Gasteiger partial charge in [-0.3, -0.25) is 0 Å². The monoisotopic (exact) mass is 325 g/mol. The molecular weight excluding hydrogens is 302 g/mol. The molecule has 1 aliphatic carbocycles. The van der Waals surface area contributed by atoms with Crippen molar-refractivity contribution < 1.29 is 4.74 Å². The molecule has 1 aromatic rings. The van der Waals surface area contributed by atoms with Crippen LogP contribution in [0.2, 0.25) is 0 Å². The largest absolute Gasteiger partial charge is 0.495 e. The molecular formula is C16H24BrNO. The SMILES string of the molecule is COc1c(Br)cc(C(C)(C)C)cc1C1(C(C)N)CC1. The van der Waals surface area contributed by atoms with Gasteiger partial charge in [-0.2, -0.15) is 0 Å². The van der Waals surface area contributed by atoms with Crippen LogP contribution in [-0.2, 0) is 10.8 Å². The average Bonchev–Trinajstić information content (AvgIpc) is 3.07. The van der Waals surface area contributed by atoms with Crippen LogP contribution in [0.25, 0.3) is 0 Å². The number of halogens is 1. The molecule has 0 heterocycles. The molecule has 1 saturated carbocycles. The topological polar surface area (TPSA) is 35.2 Å². The van der Waals surface area contributed by atoms with E-state index in [1.165, 1.54) is 11.1 Å². The van der Waals surface area contributed by atoms with Gasteiger partial charge < -0.3 is 10.5 Å². The Morgan fingerprint density at radius 2 is 1.89 bits per heavy atom. The summed E-state index contributed by atoms with van der Waals surface area (Å²) in [5.74, 6) is 0.947. The zero-order valence-electron chi connectivity index (χ0n) is 12.5. The summed E-state index contributed by atoms with van der Waals surface area (Å²) in [7, 11) is 1.73. The summed E-state index contributed by atoms with van der Waals surface area (Å²) in [5.41, 5.74) is 9.04. The van der Waals surface area contributed by atoms with Gasteiger partial charge in [0.15, 0.2) is 0 Å².